The second kappa shape index (κ2) is 12.4. The van der Waals surface area contributed by atoms with Gasteiger partial charge in [-0.05, 0) is 117 Å². The average molecular weight is 585 g/mol. The van der Waals surface area contributed by atoms with Gasteiger partial charge in [-0.1, -0.05) is 83.2 Å². The largest absolute Gasteiger partial charge is 0.375 e. The molecule has 1 aromatic rings. The third-order valence-electron chi connectivity index (χ3n) is 12.2. The molecule has 1 aromatic carbocycles. The Morgan fingerprint density at radius 1 is 0.927 bits per heavy atom. The van der Waals surface area contributed by atoms with Gasteiger partial charge in [0.2, 0.25) is 0 Å². The molecule has 0 N–H and O–H groups in total. The van der Waals surface area contributed by atoms with Gasteiger partial charge in [-0.15, -0.1) is 0 Å². The van der Waals surface area contributed by atoms with Crippen LogP contribution in [0, 0.1) is 53.3 Å². The van der Waals surface area contributed by atoms with E-state index in [0.29, 0.717) is 17.4 Å². The molecule has 5 rings (SSSR count). The summed E-state index contributed by atoms with van der Waals surface area (Å²) in [6.45, 7) is 14.8. The van der Waals surface area contributed by atoms with Gasteiger partial charge >= 0.3 is 0 Å². The molecule has 5 heteroatoms. The SMILES string of the molecule is Cc1ccc(S(=O)(=O)OCCO[C@H]2CC[C@@]3(C)C(=CC[C@H]4[C@@H]5CC[C@H]([C@H](C)CCCC(C)C)[C@@]5(C)CC[C@@H]43)C2)cc1. The number of aryl methyl sites for hydroxylation is 1. The Morgan fingerprint density at radius 2 is 1.68 bits per heavy atom. The maximum absolute atomic E-state index is 12.5. The molecule has 4 aliphatic rings. The van der Waals surface area contributed by atoms with Crippen LogP contribution in [0.1, 0.15) is 111 Å². The van der Waals surface area contributed by atoms with E-state index in [-0.39, 0.29) is 17.6 Å². The number of ether oxygens (including phenoxy) is 1. The average Bonchev–Trinajstić information content (AvgIpc) is 3.28. The smallest absolute Gasteiger partial charge is 0.297 e. The lowest BCUT2D eigenvalue weighted by Crippen LogP contribution is -2.51. The molecule has 4 nitrogen and oxygen atoms in total. The Balaban J connectivity index is 1.15. The number of fused-ring (bicyclic) bond motifs is 5. The third-order valence-corrected chi connectivity index (χ3v) is 13.6. The molecule has 3 fully saturated rings. The van der Waals surface area contributed by atoms with Crippen LogP contribution in [-0.2, 0) is 19.0 Å². The van der Waals surface area contributed by atoms with E-state index in [1.54, 1.807) is 29.8 Å². The van der Waals surface area contributed by atoms with Crippen molar-refractivity contribution in [1.82, 2.24) is 0 Å². The highest BCUT2D eigenvalue weighted by molar-refractivity contribution is 7.86. The number of rotatable bonds is 11. The van der Waals surface area contributed by atoms with E-state index in [1.807, 2.05) is 6.92 Å². The maximum Gasteiger partial charge on any atom is 0.297 e. The predicted octanol–water partition coefficient (Wildman–Crippen LogP) is 9.13. The minimum Gasteiger partial charge on any atom is -0.375 e. The summed E-state index contributed by atoms with van der Waals surface area (Å²) >= 11 is 0. The Hall–Kier alpha value is -1.17. The van der Waals surface area contributed by atoms with Crippen molar-refractivity contribution in [3.8, 4) is 0 Å². The number of hydrogen-bond acceptors (Lipinski definition) is 4. The van der Waals surface area contributed by atoms with E-state index >= 15 is 0 Å². The first-order valence-electron chi connectivity index (χ1n) is 16.7. The summed E-state index contributed by atoms with van der Waals surface area (Å²) in [5, 5.41) is 0. The molecule has 0 aromatic heterocycles. The van der Waals surface area contributed by atoms with Gasteiger partial charge in [-0.3, -0.25) is 4.18 Å². The van der Waals surface area contributed by atoms with E-state index in [9.17, 15) is 8.42 Å². The second-order valence-corrected chi connectivity index (χ2v) is 16.7. The summed E-state index contributed by atoms with van der Waals surface area (Å²) in [4.78, 5) is 0.205. The normalized spacial score (nSPS) is 35.9. The molecule has 0 heterocycles. The second-order valence-electron chi connectivity index (χ2n) is 15.1. The molecule has 0 amide bonds. The third kappa shape index (κ3) is 6.38. The molecule has 0 spiro atoms. The molecule has 0 aliphatic heterocycles. The lowest BCUT2D eigenvalue weighted by atomic mass is 9.47. The lowest BCUT2D eigenvalue weighted by molar-refractivity contribution is -0.0652. The van der Waals surface area contributed by atoms with Crippen LogP contribution in [0.3, 0.4) is 0 Å². The first-order valence-corrected chi connectivity index (χ1v) is 18.1. The minimum absolute atomic E-state index is 0.0606. The van der Waals surface area contributed by atoms with Gasteiger partial charge in [0.05, 0.1) is 24.2 Å². The fourth-order valence-corrected chi connectivity index (χ4v) is 10.8. The zero-order valence-corrected chi connectivity index (χ0v) is 27.5. The van der Waals surface area contributed by atoms with E-state index < -0.39 is 10.1 Å². The molecular weight excluding hydrogens is 528 g/mol. The zero-order chi connectivity index (χ0) is 29.4. The standard InChI is InChI=1S/C36H56O4S/c1-25(2)8-7-9-27(4)32-16-17-33-31-15-12-28-24-29(18-20-35(28,5)34(31)19-21-36(32,33)6)39-22-23-40-41(37,38)30-13-10-26(3)11-14-30/h10-14,25,27,29,31-34H,7-9,15-24H2,1-6H3/t27-,29+,31+,32-,33+,34+,35+,36-/m1/s1. The minimum atomic E-state index is -3.74. The van der Waals surface area contributed by atoms with E-state index in [1.165, 1.54) is 57.8 Å². The lowest BCUT2D eigenvalue weighted by Gasteiger charge is -2.58. The molecule has 4 aliphatic carbocycles. The van der Waals surface area contributed by atoms with Gasteiger partial charge in [-0.2, -0.15) is 8.42 Å². The van der Waals surface area contributed by atoms with Crippen molar-refractivity contribution >= 4 is 10.1 Å². The van der Waals surface area contributed by atoms with Gasteiger partial charge < -0.3 is 4.74 Å². The van der Waals surface area contributed by atoms with Crippen LogP contribution in [0.25, 0.3) is 0 Å². The Kier molecular flexibility index (Phi) is 9.49. The number of allylic oxidation sites excluding steroid dienone is 1. The molecule has 41 heavy (non-hydrogen) atoms. The Morgan fingerprint density at radius 3 is 2.41 bits per heavy atom. The highest BCUT2D eigenvalue weighted by atomic mass is 32.2. The summed E-state index contributed by atoms with van der Waals surface area (Å²) in [5.74, 6) is 5.11. The molecule has 3 saturated carbocycles. The van der Waals surface area contributed by atoms with Crippen LogP contribution in [0.5, 0.6) is 0 Å². The summed E-state index contributed by atoms with van der Waals surface area (Å²) in [6.07, 6.45) is 17.1. The van der Waals surface area contributed by atoms with Crippen molar-refractivity contribution in [3.63, 3.8) is 0 Å². The van der Waals surface area contributed by atoms with E-state index in [0.717, 1.165) is 53.9 Å². The highest BCUT2D eigenvalue weighted by Crippen LogP contribution is 2.67. The summed E-state index contributed by atoms with van der Waals surface area (Å²) in [5.41, 5.74) is 3.47. The fraction of sp³-hybridized carbons (Fsp3) is 0.778. The number of benzene rings is 1. The highest BCUT2D eigenvalue weighted by Gasteiger charge is 2.59. The van der Waals surface area contributed by atoms with Crippen molar-refractivity contribution in [1.29, 1.82) is 0 Å². The van der Waals surface area contributed by atoms with Gasteiger partial charge in [0.1, 0.15) is 0 Å². The van der Waals surface area contributed by atoms with Crippen LogP contribution < -0.4 is 0 Å². The van der Waals surface area contributed by atoms with Crippen molar-refractivity contribution < 1.29 is 17.3 Å². The Bertz CT molecular complexity index is 1170. The summed E-state index contributed by atoms with van der Waals surface area (Å²) in [6, 6.07) is 6.79. The van der Waals surface area contributed by atoms with Crippen molar-refractivity contribution in [2.45, 2.75) is 123 Å². The van der Waals surface area contributed by atoms with Gasteiger partial charge in [-0.25, -0.2) is 0 Å². The summed E-state index contributed by atoms with van der Waals surface area (Å²) in [7, 11) is -3.74. The monoisotopic (exact) mass is 584 g/mol. The maximum atomic E-state index is 12.5. The molecule has 0 bridgehead atoms. The van der Waals surface area contributed by atoms with Crippen LogP contribution in [0.2, 0.25) is 0 Å². The van der Waals surface area contributed by atoms with Gasteiger partial charge in [0.25, 0.3) is 10.1 Å². The van der Waals surface area contributed by atoms with Crippen LogP contribution in [-0.4, -0.2) is 27.7 Å². The van der Waals surface area contributed by atoms with Crippen LogP contribution >= 0.6 is 0 Å². The van der Waals surface area contributed by atoms with Crippen molar-refractivity contribution in [2.24, 2.45) is 46.3 Å². The van der Waals surface area contributed by atoms with Crippen LogP contribution in [0.15, 0.2) is 40.8 Å². The first-order chi connectivity index (χ1) is 19.4. The molecule has 0 unspecified atom stereocenters. The fourth-order valence-electron chi connectivity index (χ4n) is 9.93. The quantitative estimate of drug-likeness (QED) is 0.148. The van der Waals surface area contributed by atoms with E-state index in [2.05, 4.69) is 40.7 Å². The molecule has 230 valence electrons. The Labute approximate surface area is 251 Å². The predicted molar refractivity (Wildman–Crippen MR) is 167 cm³/mol. The first kappa shape index (κ1) is 31.3. The van der Waals surface area contributed by atoms with Gasteiger partial charge in [0, 0.05) is 0 Å². The van der Waals surface area contributed by atoms with Crippen LogP contribution in [0.4, 0.5) is 0 Å². The topological polar surface area (TPSA) is 52.6 Å². The van der Waals surface area contributed by atoms with Gasteiger partial charge in [0.15, 0.2) is 0 Å². The summed E-state index contributed by atoms with van der Waals surface area (Å²) < 4.78 is 36.5. The molecule has 8 atom stereocenters. The molecule has 0 radical (unpaired) electrons. The molecular formula is C36H56O4S. The molecule has 0 saturated heterocycles. The number of hydrogen-bond donors (Lipinski definition) is 0. The van der Waals surface area contributed by atoms with Crippen molar-refractivity contribution in [3.05, 3.63) is 41.5 Å². The zero-order valence-electron chi connectivity index (χ0n) is 26.7. The van der Waals surface area contributed by atoms with E-state index in [4.69, 9.17) is 8.92 Å². The van der Waals surface area contributed by atoms with Crippen molar-refractivity contribution in [2.75, 3.05) is 13.2 Å².